The van der Waals surface area contributed by atoms with Crippen molar-refractivity contribution in [3.05, 3.63) is 11.6 Å². The van der Waals surface area contributed by atoms with Gasteiger partial charge in [-0.3, -0.25) is 4.79 Å². The van der Waals surface area contributed by atoms with E-state index in [1.807, 2.05) is 0 Å². The molecular weight excluding hydrogens is 696 g/mol. The van der Waals surface area contributed by atoms with Crippen molar-refractivity contribution in [1.82, 2.24) is 0 Å². The van der Waals surface area contributed by atoms with E-state index in [-0.39, 0.29) is 40.1 Å². The largest absolute Gasteiger partial charge is 0.481 e. The van der Waals surface area contributed by atoms with E-state index in [4.69, 9.17) is 18.9 Å². The van der Waals surface area contributed by atoms with Crippen molar-refractivity contribution in [1.29, 1.82) is 0 Å². The Morgan fingerprint density at radius 1 is 0.759 bits per heavy atom. The van der Waals surface area contributed by atoms with E-state index in [1.54, 1.807) is 6.92 Å². The van der Waals surface area contributed by atoms with Crippen LogP contribution in [0.15, 0.2) is 11.6 Å². The average Bonchev–Trinajstić information content (AvgIpc) is 3.11. The van der Waals surface area contributed by atoms with Crippen LogP contribution in [0.1, 0.15) is 120 Å². The molecule has 4 saturated carbocycles. The summed E-state index contributed by atoms with van der Waals surface area (Å²) < 4.78 is 24.7. The third-order valence-electron chi connectivity index (χ3n) is 17.3. The molecule has 5 aliphatic carbocycles. The molecule has 0 aromatic heterocycles. The number of hydrogen-bond donors (Lipinski definition) is 7. The van der Waals surface area contributed by atoms with Gasteiger partial charge in [-0.15, -0.1) is 0 Å². The zero-order valence-electron chi connectivity index (χ0n) is 33.6. The molecule has 2 aliphatic heterocycles. The van der Waals surface area contributed by atoms with Crippen molar-refractivity contribution in [3.8, 4) is 0 Å². The van der Waals surface area contributed by atoms with Gasteiger partial charge in [0.15, 0.2) is 12.6 Å². The summed E-state index contributed by atoms with van der Waals surface area (Å²) >= 11 is 0. The molecule has 0 aromatic rings. The van der Waals surface area contributed by atoms with Crippen molar-refractivity contribution in [2.75, 3.05) is 6.61 Å². The lowest BCUT2D eigenvalue weighted by Gasteiger charge is -2.71. The van der Waals surface area contributed by atoms with Crippen molar-refractivity contribution >= 4 is 5.97 Å². The number of aliphatic hydroxyl groups is 6. The second-order valence-corrected chi connectivity index (χ2v) is 20.5. The molecule has 0 spiro atoms. The van der Waals surface area contributed by atoms with Gasteiger partial charge in [0.2, 0.25) is 0 Å². The summed E-state index contributed by atoms with van der Waals surface area (Å²) in [6.45, 7) is 17.0. The predicted octanol–water partition coefficient (Wildman–Crippen LogP) is 3.91. The minimum Gasteiger partial charge on any atom is -0.481 e. The predicted molar refractivity (Wildman–Crippen MR) is 197 cm³/mol. The van der Waals surface area contributed by atoms with Gasteiger partial charge in [0.05, 0.1) is 30.3 Å². The summed E-state index contributed by atoms with van der Waals surface area (Å²) in [6, 6.07) is 0. The van der Waals surface area contributed by atoms with Gasteiger partial charge in [-0.2, -0.15) is 0 Å². The molecule has 308 valence electrons. The van der Waals surface area contributed by atoms with Crippen LogP contribution in [0.5, 0.6) is 0 Å². The molecule has 54 heavy (non-hydrogen) atoms. The first-order valence-corrected chi connectivity index (χ1v) is 20.7. The normalized spacial score (nSPS) is 55.7. The van der Waals surface area contributed by atoms with Gasteiger partial charge in [-0.1, -0.05) is 53.2 Å². The SMILES string of the molecule is C[C@@H]1O[C@H](O[C@H]2[C@H](O[C@H]3CC[C@@]4(C)[C@@H](CC[C@]5(C)[C@@H]4CC=C4[C@@H]6CC(C)(C)CC[C@]6(C(=O)O)CC[C@]45C)[C@]3(C)CO)O[C@@H](C)[C@@H](O)[C@@H]2O)[C@H](O)[C@H](O)[C@H]1O. The molecule has 7 N–H and O–H groups in total. The number of carboxylic acid groups (broad SMARTS) is 1. The fraction of sp³-hybridized carbons (Fsp3) is 0.929. The molecule has 12 nitrogen and oxygen atoms in total. The third kappa shape index (κ3) is 5.85. The molecule has 7 aliphatic rings. The molecule has 2 saturated heterocycles. The van der Waals surface area contributed by atoms with Crippen LogP contribution < -0.4 is 0 Å². The third-order valence-corrected chi connectivity index (χ3v) is 17.3. The molecular formula is C42H68O12. The lowest BCUT2D eigenvalue weighted by atomic mass is 9.33. The zero-order valence-corrected chi connectivity index (χ0v) is 33.6. The Labute approximate surface area is 320 Å². The van der Waals surface area contributed by atoms with Gasteiger partial charge in [0.25, 0.3) is 0 Å². The summed E-state index contributed by atoms with van der Waals surface area (Å²) in [5.74, 6) is -0.208. The Morgan fingerprint density at radius 3 is 2.04 bits per heavy atom. The first kappa shape index (κ1) is 41.0. The number of fused-ring (bicyclic) bond motifs is 7. The lowest BCUT2D eigenvalue weighted by Crippen LogP contribution is -2.67. The van der Waals surface area contributed by atoms with Crippen LogP contribution in [-0.2, 0) is 23.7 Å². The Bertz CT molecular complexity index is 1470. The number of rotatable bonds is 6. The first-order valence-electron chi connectivity index (χ1n) is 20.7. The Morgan fingerprint density at radius 2 is 1.39 bits per heavy atom. The van der Waals surface area contributed by atoms with E-state index in [9.17, 15) is 40.5 Å². The molecule has 12 heteroatoms. The van der Waals surface area contributed by atoms with Crippen LogP contribution in [0, 0.1) is 50.2 Å². The van der Waals surface area contributed by atoms with Gasteiger partial charge < -0.3 is 54.7 Å². The summed E-state index contributed by atoms with van der Waals surface area (Å²) in [4.78, 5) is 13.1. The summed E-state index contributed by atoms with van der Waals surface area (Å²) in [5.41, 5.74) is -0.270. The Balaban J connectivity index is 1.16. The number of carboxylic acids is 1. The molecule has 0 bridgehead atoms. The van der Waals surface area contributed by atoms with E-state index in [0.717, 1.165) is 51.4 Å². The maximum atomic E-state index is 13.1. The summed E-state index contributed by atoms with van der Waals surface area (Å²) in [5, 5.41) is 75.5. The second kappa shape index (κ2) is 13.7. The maximum Gasteiger partial charge on any atom is 0.310 e. The number of hydrogen-bond acceptors (Lipinski definition) is 11. The van der Waals surface area contributed by atoms with E-state index in [0.29, 0.717) is 18.8 Å². The monoisotopic (exact) mass is 764 g/mol. The van der Waals surface area contributed by atoms with Gasteiger partial charge >= 0.3 is 5.97 Å². The lowest BCUT2D eigenvalue weighted by molar-refractivity contribution is -0.374. The zero-order chi connectivity index (χ0) is 39.6. The standard InChI is InChI=1S/C42H68O12/c1-21-28(44)30(46)32(48)34(51-21)54-33-31(47)29(45)22(2)52-35(33)53-27-12-13-38(5)25(39(27,6)20-43)11-14-41(8)26(38)10-9-23-24-19-37(3,4)15-17-42(24,36(49)50)18-16-40(23,41)7/h9,21-22,24-35,43-48H,10-20H2,1-8H3,(H,49,50)/t21-,22-,24-,25+,26+,27-,28-,29+,30+,31-,32+,33+,34+,35-,38-,39-,40+,41+,42-/m0/s1. The summed E-state index contributed by atoms with van der Waals surface area (Å²) in [6.07, 6.45) is -2.76. The highest BCUT2D eigenvalue weighted by Crippen LogP contribution is 2.76. The number of aliphatic hydroxyl groups excluding tert-OH is 6. The number of carbonyl (C=O) groups is 1. The topological polar surface area (TPSA) is 196 Å². The van der Waals surface area contributed by atoms with Crippen LogP contribution in [0.2, 0.25) is 0 Å². The fourth-order valence-corrected chi connectivity index (χ4v) is 13.6. The highest BCUT2D eigenvalue weighted by molar-refractivity contribution is 5.76. The van der Waals surface area contributed by atoms with E-state index < -0.39 is 84.3 Å². The molecule has 7 rings (SSSR count). The molecule has 0 aromatic carbocycles. The van der Waals surface area contributed by atoms with E-state index in [2.05, 4.69) is 47.6 Å². The van der Waals surface area contributed by atoms with Gasteiger partial charge in [-0.05, 0) is 117 Å². The summed E-state index contributed by atoms with van der Waals surface area (Å²) in [7, 11) is 0. The molecule has 0 radical (unpaired) electrons. The minimum absolute atomic E-state index is 0.0335. The van der Waals surface area contributed by atoms with Crippen LogP contribution >= 0.6 is 0 Å². The molecule has 2 heterocycles. The van der Waals surface area contributed by atoms with Gasteiger partial charge in [0, 0.05) is 5.41 Å². The van der Waals surface area contributed by atoms with Crippen LogP contribution in [0.25, 0.3) is 0 Å². The van der Waals surface area contributed by atoms with Gasteiger partial charge in [0.1, 0.15) is 36.6 Å². The molecule has 0 amide bonds. The quantitative estimate of drug-likeness (QED) is 0.153. The maximum absolute atomic E-state index is 13.1. The highest BCUT2D eigenvalue weighted by Gasteiger charge is 2.70. The Kier molecular flexibility index (Phi) is 10.4. The van der Waals surface area contributed by atoms with Crippen molar-refractivity contribution in [2.24, 2.45) is 50.2 Å². The average molecular weight is 765 g/mol. The minimum atomic E-state index is -1.63. The second-order valence-electron chi connectivity index (χ2n) is 20.5. The van der Waals surface area contributed by atoms with Crippen LogP contribution in [-0.4, -0.2) is 116 Å². The van der Waals surface area contributed by atoms with Crippen LogP contribution in [0.3, 0.4) is 0 Å². The van der Waals surface area contributed by atoms with Gasteiger partial charge in [-0.25, -0.2) is 0 Å². The smallest absolute Gasteiger partial charge is 0.310 e. The van der Waals surface area contributed by atoms with E-state index >= 15 is 0 Å². The Hall–Kier alpha value is -1.19. The first-order chi connectivity index (χ1) is 25.1. The number of ether oxygens (including phenoxy) is 4. The fourth-order valence-electron chi connectivity index (χ4n) is 13.6. The van der Waals surface area contributed by atoms with Crippen molar-refractivity contribution < 1.29 is 59.5 Å². The van der Waals surface area contributed by atoms with Crippen LogP contribution in [0.4, 0.5) is 0 Å². The van der Waals surface area contributed by atoms with Crippen molar-refractivity contribution in [2.45, 2.75) is 187 Å². The number of allylic oxidation sites excluding steroid dienone is 2. The van der Waals surface area contributed by atoms with E-state index in [1.165, 1.54) is 12.5 Å². The molecule has 0 unspecified atom stereocenters. The molecule has 6 fully saturated rings. The number of aliphatic carboxylic acids is 1. The van der Waals surface area contributed by atoms with Crippen molar-refractivity contribution in [3.63, 3.8) is 0 Å². The highest BCUT2D eigenvalue weighted by atomic mass is 16.8. The molecule has 19 atom stereocenters.